The number of hydrogen-bond acceptors (Lipinski definition) is 2. The molecule has 1 heterocycles. The number of rotatable bonds is 5. The number of amides is 2. The Bertz CT molecular complexity index is 566. The predicted octanol–water partition coefficient (Wildman–Crippen LogP) is 2.38. The lowest BCUT2D eigenvalue weighted by molar-refractivity contribution is -0.145. The Morgan fingerprint density at radius 2 is 2.00 bits per heavy atom. The van der Waals surface area contributed by atoms with Crippen molar-refractivity contribution in [2.24, 2.45) is 11.3 Å². The summed E-state index contributed by atoms with van der Waals surface area (Å²) in [6.07, 6.45) is 4.44. The fourth-order valence-corrected chi connectivity index (χ4v) is 3.47. The second kappa shape index (κ2) is 6.73. The van der Waals surface area contributed by atoms with Gasteiger partial charge < -0.3 is 10.2 Å². The Balaban J connectivity index is 1.53. The van der Waals surface area contributed by atoms with Gasteiger partial charge in [0.25, 0.3) is 0 Å². The maximum atomic E-state index is 12.8. The zero-order chi connectivity index (χ0) is 16.3. The molecule has 4 heteroatoms. The number of piperidine rings is 1. The van der Waals surface area contributed by atoms with Gasteiger partial charge in [0.2, 0.25) is 11.8 Å². The first-order chi connectivity index (χ1) is 11.1. The van der Waals surface area contributed by atoms with E-state index in [1.165, 1.54) is 12.0 Å². The van der Waals surface area contributed by atoms with Crippen LogP contribution in [0.15, 0.2) is 30.3 Å². The third-order valence-electron chi connectivity index (χ3n) is 5.08. The largest absolute Gasteiger partial charge is 0.355 e. The summed E-state index contributed by atoms with van der Waals surface area (Å²) >= 11 is 0. The smallest absolute Gasteiger partial charge is 0.238 e. The lowest BCUT2D eigenvalue weighted by atomic mass is 9.96. The molecule has 0 bridgehead atoms. The molecule has 1 saturated carbocycles. The summed E-state index contributed by atoms with van der Waals surface area (Å²) < 4.78 is 0. The van der Waals surface area contributed by atoms with Crippen LogP contribution in [0.5, 0.6) is 0 Å². The highest BCUT2D eigenvalue weighted by molar-refractivity contribution is 6.07. The zero-order valence-corrected chi connectivity index (χ0v) is 13.9. The maximum Gasteiger partial charge on any atom is 0.238 e. The normalized spacial score (nSPS) is 22.5. The number of carbonyl (C=O) groups excluding carboxylic acids is 2. The van der Waals surface area contributed by atoms with Crippen LogP contribution in [0.4, 0.5) is 0 Å². The molecule has 23 heavy (non-hydrogen) atoms. The fourth-order valence-electron chi connectivity index (χ4n) is 3.47. The van der Waals surface area contributed by atoms with Crippen molar-refractivity contribution in [3.8, 4) is 0 Å². The molecule has 124 valence electrons. The number of benzene rings is 1. The summed E-state index contributed by atoms with van der Waals surface area (Å²) in [5.74, 6) is 0.530. The molecular formula is C19H26N2O2. The number of hydrogen-bond donors (Lipinski definition) is 1. The molecule has 1 aromatic carbocycles. The van der Waals surface area contributed by atoms with Crippen LogP contribution in [0.2, 0.25) is 0 Å². The highest BCUT2D eigenvalue weighted by Crippen LogP contribution is 2.48. The number of nitrogens with zero attached hydrogens (tertiary/aromatic N) is 1. The molecule has 1 aromatic rings. The molecule has 1 saturated heterocycles. The monoisotopic (exact) mass is 314 g/mol. The van der Waals surface area contributed by atoms with Crippen molar-refractivity contribution in [1.82, 2.24) is 10.2 Å². The van der Waals surface area contributed by atoms with Crippen LogP contribution < -0.4 is 5.32 Å². The summed E-state index contributed by atoms with van der Waals surface area (Å²) in [6, 6.07) is 10.1. The molecule has 1 aliphatic heterocycles. The van der Waals surface area contributed by atoms with Crippen molar-refractivity contribution in [2.45, 2.75) is 39.0 Å². The summed E-state index contributed by atoms with van der Waals surface area (Å²) in [6.45, 7) is 4.38. The van der Waals surface area contributed by atoms with Gasteiger partial charge in [-0.25, -0.2) is 0 Å². The van der Waals surface area contributed by atoms with Crippen LogP contribution in [0.3, 0.4) is 0 Å². The van der Waals surface area contributed by atoms with E-state index in [-0.39, 0.29) is 11.8 Å². The van der Waals surface area contributed by atoms with E-state index in [1.54, 1.807) is 0 Å². The van der Waals surface area contributed by atoms with E-state index in [4.69, 9.17) is 0 Å². The van der Waals surface area contributed by atoms with Gasteiger partial charge in [0.15, 0.2) is 0 Å². The summed E-state index contributed by atoms with van der Waals surface area (Å²) in [5, 5.41) is 2.98. The maximum absolute atomic E-state index is 12.8. The Morgan fingerprint density at radius 1 is 1.26 bits per heavy atom. The van der Waals surface area contributed by atoms with Gasteiger partial charge in [0.05, 0.1) is 0 Å². The third-order valence-corrected chi connectivity index (χ3v) is 5.08. The Labute approximate surface area is 138 Å². The van der Waals surface area contributed by atoms with Gasteiger partial charge in [-0.3, -0.25) is 9.59 Å². The number of carbonyl (C=O) groups is 2. The molecule has 1 aliphatic carbocycles. The lowest BCUT2D eigenvalue weighted by Gasteiger charge is -2.33. The van der Waals surface area contributed by atoms with Gasteiger partial charge in [-0.1, -0.05) is 37.3 Å². The summed E-state index contributed by atoms with van der Waals surface area (Å²) in [7, 11) is 0. The lowest BCUT2D eigenvalue weighted by Crippen LogP contribution is -2.48. The Kier molecular flexibility index (Phi) is 4.69. The standard InChI is InChI=1S/C19H26N2O2/c1-15-6-5-13-21(14-15)18(23)19(10-11-19)17(22)20-12-9-16-7-3-2-4-8-16/h2-4,7-8,15H,5-6,9-14H2,1H3,(H,20,22). The number of nitrogens with one attached hydrogen (secondary N) is 1. The molecule has 2 fully saturated rings. The van der Waals surface area contributed by atoms with Gasteiger partial charge in [-0.2, -0.15) is 0 Å². The Morgan fingerprint density at radius 3 is 2.65 bits per heavy atom. The topological polar surface area (TPSA) is 49.4 Å². The van der Waals surface area contributed by atoms with E-state index in [0.29, 0.717) is 25.3 Å². The van der Waals surface area contributed by atoms with E-state index in [1.807, 2.05) is 23.1 Å². The van der Waals surface area contributed by atoms with Gasteiger partial charge in [0, 0.05) is 19.6 Å². The minimum absolute atomic E-state index is 0.0567. The van der Waals surface area contributed by atoms with Crippen molar-refractivity contribution in [1.29, 1.82) is 0 Å². The molecule has 4 nitrogen and oxygen atoms in total. The predicted molar refractivity (Wildman–Crippen MR) is 89.8 cm³/mol. The van der Waals surface area contributed by atoms with Gasteiger partial charge in [-0.15, -0.1) is 0 Å². The average molecular weight is 314 g/mol. The molecule has 1 N–H and O–H groups in total. The molecule has 3 rings (SSSR count). The molecule has 2 aliphatic rings. The van der Waals surface area contributed by atoms with Crippen molar-refractivity contribution in [3.63, 3.8) is 0 Å². The quantitative estimate of drug-likeness (QED) is 0.848. The van der Waals surface area contributed by atoms with Crippen molar-refractivity contribution >= 4 is 11.8 Å². The van der Waals surface area contributed by atoms with Crippen LogP contribution in [0.25, 0.3) is 0 Å². The summed E-state index contributed by atoms with van der Waals surface area (Å²) in [5.41, 5.74) is 0.446. The van der Waals surface area contributed by atoms with Gasteiger partial charge >= 0.3 is 0 Å². The van der Waals surface area contributed by atoms with Crippen LogP contribution in [0.1, 0.15) is 38.2 Å². The molecule has 0 aromatic heterocycles. The highest BCUT2D eigenvalue weighted by Gasteiger charge is 2.58. The minimum atomic E-state index is -0.756. The van der Waals surface area contributed by atoms with Crippen molar-refractivity contribution in [3.05, 3.63) is 35.9 Å². The van der Waals surface area contributed by atoms with E-state index >= 15 is 0 Å². The second-order valence-corrected chi connectivity index (χ2v) is 7.07. The fraction of sp³-hybridized carbons (Fsp3) is 0.579. The average Bonchev–Trinajstić information content (AvgIpc) is 3.37. The van der Waals surface area contributed by atoms with Crippen molar-refractivity contribution < 1.29 is 9.59 Å². The van der Waals surface area contributed by atoms with E-state index in [9.17, 15) is 9.59 Å². The van der Waals surface area contributed by atoms with Crippen LogP contribution in [0, 0.1) is 11.3 Å². The van der Waals surface area contributed by atoms with Crippen LogP contribution in [-0.2, 0) is 16.0 Å². The zero-order valence-electron chi connectivity index (χ0n) is 13.9. The van der Waals surface area contributed by atoms with Gasteiger partial charge in [0.1, 0.15) is 5.41 Å². The first-order valence-corrected chi connectivity index (χ1v) is 8.73. The first kappa shape index (κ1) is 16.0. The van der Waals surface area contributed by atoms with Crippen molar-refractivity contribution in [2.75, 3.05) is 19.6 Å². The third kappa shape index (κ3) is 3.57. The highest BCUT2D eigenvalue weighted by atomic mass is 16.2. The second-order valence-electron chi connectivity index (χ2n) is 7.07. The van der Waals surface area contributed by atoms with Gasteiger partial charge in [-0.05, 0) is 43.6 Å². The van der Waals surface area contributed by atoms with Crippen LogP contribution in [-0.4, -0.2) is 36.3 Å². The molecular weight excluding hydrogens is 288 g/mol. The molecule has 0 radical (unpaired) electrons. The molecule has 1 unspecified atom stereocenters. The SMILES string of the molecule is CC1CCCN(C(=O)C2(C(=O)NCCc3ccccc3)CC2)C1. The number of likely N-dealkylation sites (tertiary alicyclic amines) is 1. The van der Waals surface area contributed by atoms with E-state index < -0.39 is 5.41 Å². The molecule has 2 amide bonds. The van der Waals surface area contributed by atoms with E-state index in [0.717, 1.165) is 25.9 Å². The first-order valence-electron chi connectivity index (χ1n) is 8.73. The molecule has 1 atom stereocenters. The Hall–Kier alpha value is -1.84. The summed E-state index contributed by atoms with van der Waals surface area (Å²) in [4.78, 5) is 27.2. The molecule has 0 spiro atoms. The van der Waals surface area contributed by atoms with Crippen LogP contribution >= 0.6 is 0 Å². The van der Waals surface area contributed by atoms with E-state index in [2.05, 4.69) is 24.4 Å². The minimum Gasteiger partial charge on any atom is -0.355 e.